The van der Waals surface area contributed by atoms with Gasteiger partial charge in [0.15, 0.2) is 0 Å². The van der Waals surface area contributed by atoms with Gasteiger partial charge in [-0.15, -0.1) is 0 Å². The van der Waals surface area contributed by atoms with Crippen LogP contribution in [0.4, 0.5) is 0 Å². The molecule has 0 bridgehead atoms. The molecule has 27 heavy (non-hydrogen) atoms. The Bertz CT molecular complexity index is 618. The number of nitrogens with zero attached hydrogens (tertiary/aromatic N) is 3. The minimum absolute atomic E-state index is 0.225. The number of likely N-dealkylation sites (tertiary alicyclic amines) is 1. The molecule has 2 aliphatic rings. The second-order valence-electron chi connectivity index (χ2n) is 9.26. The minimum atomic E-state index is 0.225. The van der Waals surface area contributed by atoms with Gasteiger partial charge in [-0.05, 0) is 51.1 Å². The number of likely N-dealkylation sites (N-methyl/N-ethyl adjacent to an activating group) is 2. The van der Waals surface area contributed by atoms with Crippen molar-refractivity contribution in [1.82, 2.24) is 25.3 Å². The molecule has 1 aliphatic carbocycles. The Morgan fingerprint density at radius 3 is 2.81 bits per heavy atom. The maximum absolute atomic E-state index is 12.5. The minimum Gasteiger partial charge on any atom is -0.342 e. The van der Waals surface area contributed by atoms with E-state index in [9.17, 15) is 4.79 Å². The van der Waals surface area contributed by atoms with Crippen LogP contribution >= 0.6 is 0 Å². The molecule has 0 atom stereocenters. The molecule has 1 saturated carbocycles. The molecule has 6 heteroatoms. The highest BCUT2D eigenvalue weighted by molar-refractivity contribution is 5.79. The molecule has 2 heterocycles. The van der Waals surface area contributed by atoms with Gasteiger partial charge in [-0.1, -0.05) is 13.8 Å². The first-order valence-corrected chi connectivity index (χ1v) is 10.6. The molecule has 1 saturated heterocycles. The summed E-state index contributed by atoms with van der Waals surface area (Å²) in [6.07, 6.45) is 7.44. The van der Waals surface area contributed by atoms with Gasteiger partial charge in [0, 0.05) is 56.8 Å². The van der Waals surface area contributed by atoms with Crippen molar-refractivity contribution >= 4 is 5.91 Å². The number of aromatic amines is 1. The molecule has 1 spiro atoms. The molecule has 1 aromatic rings. The van der Waals surface area contributed by atoms with Crippen molar-refractivity contribution in [2.45, 2.75) is 58.4 Å². The lowest BCUT2D eigenvalue weighted by Gasteiger charge is -2.36. The van der Waals surface area contributed by atoms with Crippen molar-refractivity contribution in [3.8, 4) is 0 Å². The molecular formula is C21H37N5O. The first-order valence-electron chi connectivity index (χ1n) is 10.6. The predicted molar refractivity (Wildman–Crippen MR) is 109 cm³/mol. The summed E-state index contributed by atoms with van der Waals surface area (Å²) in [6, 6.07) is 0. The summed E-state index contributed by atoms with van der Waals surface area (Å²) < 4.78 is 0. The average molecular weight is 376 g/mol. The fraction of sp³-hybridized carbons (Fsp3) is 0.810. The second kappa shape index (κ2) is 8.74. The van der Waals surface area contributed by atoms with E-state index in [4.69, 9.17) is 0 Å². The van der Waals surface area contributed by atoms with Crippen LogP contribution in [0.1, 0.15) is 63.1 Å². The molecule has 1 aromatic heterocycles. The number of hydrogen-bond acceptors (Lipinski definition) is 4. The Balaban J connectivity index is 1.57. The van der Waals surface area contributed by atoms with Crippen LogP contribution in [-0.2, 0) is 11.3 Å². The van der Waals surface area contributed by atoms with Gasteiger partial charge in [-0.2, -0.15) is 5.10 Å². The van der Waals surface area contributed by atoms with Gasteiger partial charge in [-0.25, -0.2) is 0 Å². The number of aromatic nitrogens is 2. The molecule has 0 aromatic carbocycles. The van der Waals surface area contributed by atoms with Crippen LogP contribution < -0.4 is 5.32 Å². The van der Waals surface area contributed by atoms with Gasteiger partial charge in [0.2, 0.25) is 5.91 Å². The van der Waals surface area contributed by atoms with E-state index in [0.717, 1.165) is 64.8 Å². The predicted octanol–water partition coefficient (Wildman–Crippen LogP) is 2.59. The number of carbonyl (C=O) groups is 1. The first kappa shape index (κ1) is 20.3. The lowest BCUT2D eigenvalue weighted by Crippen LogP contribution is -2.33. The zero-order chi connectivity index (χ0) is 19.4. The van der Waals surface area contributed by atoms with Crippen molar-refractivity contribution in [2.75, 3.05) is 40.3 Å². The molecule has 1 aliphatic heterocycles. The largest absolute Gasteiger partial charge is 0.342 e. The summed E-state index contributed by atoms with van der Waals surface area (Å²) in [4.78, 5) is 16.9. The van der Waals surface area contributed by atoms with Crippen LogP contribution in [0.3, 0.4) is 0 Å². The Morgan fingerprint density at radius 1 is 1.41 bits per heavy atom. The second-order valence-corrected chi connectivity index (χ2v) is 9.26. The zero-order valence-corrected chi connectivity index (χ0v) is 17.6. The lowest BCUT2D eigenvalue weighted by molar-refractivity contribution is -0.128. The number of carbonyl (C=O) groups excluding carboxylic acids is 1. The van der Waals surface area contributed by atoms with Crippen molar-refractivity contribution in [1.29, 1.82) is 0 Å². The first-order chi connectivity index (χ1) is 12.9. The molecule has 1 amide bonds. The highest BCUT2D eigenvalue weighted by atomic mass is 16.2. The van der Waals surface area contributed by atoms with Gasteiger partial charge in [0.1, 0.15) is 0 Å². The van der Waals surface area contributed by atoms with E-state index in [0.29, 0.717) is 17.7 Å². The molecule has 6 nitrogen and oxygen atoms in total. The van der Waals surface area contributed by atoms with E-state index < -0.39 is 0 Å². The molecule has 2 N–H and O–H groups in total. The van der Waals surface area contributed by atoms with E-state index in [1.807, 2.05) is 7.05 Å². The van der Waals surface area contributed by atoms with Crippen molar-refractivity contribution < 1.29 is 4.79 Å². The van der Waals surface area contributed by atoms with Crippen LogP contribution in [0, 0.1) is 11.3 Å². The number of hydrogen-bond donors (Lipinski definition) is 2. The van der Waals surface area contributed by atoms with Gasteiger partial charge in [0.05, 0.1) is 5.69 Å². The quantitative estimate of drug-likeness (QED) is 0.733. The van der Waals surface area contributed by atoms with Crippen molar-refractivity contribution in [3.63, 3.8) is 0 Å². The maximum atomic E-state index is 12.5. The van der Waals surface area contributed by atoms with Gasteiger partial charge >= 0.3 is 0 Å². The van der Waals surface area contributed by atoms with Gasteiger partial charge in [0.25, 0.3) is 0 Å². The Labute approximate surface area is 164 Å². The number of amides is 1. The van der Waals surface area contributed by atoms with Crippen LogP contribution in [0.15, 0.2) is 6.20 Å². The number of H-pyrrole nitrogens is 1. The summed E-state index contributed by atoms with van der Waals surface area (Å²) in [5.74, 6) is 1.45. The third-order valence-electron chi connectivity index (χ3n) is 6.36. The van der Waals surface area contributed by atoms with E-state index >= 15 is 0 Å². The monoisotopic (exact) mass is 375 g/mol. The third kappa shape index (κ3) is 4.91. The summed E-state index contributed by atoms with van der Waals surface area (Å²) >= 11 is 0. The number of nitrogens with one attached hydrogen (secondary N) is 2. The fourth-order valence-corrected chi connectivity index (χ4v) is 4.91. The van der Waals surface area contributed by atoms with Crippen LogP contribution in [-0.4, -0.2) is 66.2 Å². The lowest BCUT2D eigenvalue weighted by atomic mass is 9.69. The molecule has 0 unspecified atom stereocenters. The highest BCUT2D eigenvalue weighted by Crippen LogP contribution is 2.48. The summed E-state index contributed by atoms with van der Waals surface area (Å²) in [5, 5.41) is 10.9. The van der Waals surface area contributed by atoms with Crippen LogP contribution in [0.25, 0.3) is 0 Å². The van der Waals surface area contributed by atoms with E-state index in [2.05, 4.69) is 52.4 Å². The smallest absolute Gasteiger partial charge is 0.223 e. The Morgan fingerprint density at radius 2 is 2.15 bits per heavy atom. The number of rotatable bonds is 8. The standard InChI is InChI=1S/C21H37N5O/c1-16(2)13-26-15-21(11-19(26)27)7-5-17(6-8-21)20-18(12-23-24-20)14-25(4)10-9-22-3/h12,16-17,22H,5-11,13-15H2,1-4H3,(H,23,24)/t17-,21-. The highest BCUT2D eigenvalue weighted by Gasteiger charge is 2.45. The van der Waals surface area contributed by atoms with Crippen LogP contribution in [0.2, 0.25) is 0 Å². The van der Waals surface area contributed by atoms with Crippen molar-refractivity contribution in [3.05, 3.63) is 17.5 Å². The summed E-state index contributed by atoms with van der Waals surface area (Å²) in [7, 11) is 4.16. The Hall–Kier alpha value is -1.40. The maximum Gasteiger partial charge on any atom is 0.223 e. The normalized spacial score (nSPS) is 26.1. The SMILES string of the molecule is CNCCN(C)Cc1c[nH]nc1[C@H]1CC[C@]2(CC1)CC(=O)N(CC(C)C)C2. The van der Waals surface area contributed by atoms with Crippen molar-refractivity contribution in [2.24, 2.45) is 11.3 Å². The molecule has 3 rings (SSSR count). The third-order valence-corrected chi connectivity index (χ3v) is 6.36. The average Bonchev–Trinajstić information content (AvgIpc) is 3.18. The molecular weight excluding hydrogens is 338 g/mol. The topological polar surface area (TPSA) is 64.3 Å². The fourth-order valence-electron chi connectivity index (χ4n) is 4.91. The Kier molecular flexibility index (Phi) is 6.58. The summed E-state index contributed by atoms with van der Waals surface area (Å²) in [5.41, 5.74) is 2.81. The van der Waals surface area contributed by atoms with E-state index in [-0.39, 0.29) is 5.41 Å². The molecule has 152 valence electrons. The molecule has 2 fully saturated rings. The van der Waals surface area contributed by atoms with E-state index in [1.54, 1.807) is 0 Å². The summed E-state index contributed by atoms with van der Waals surface area (Å²) in [6.45, 7) is 9.24. The molecule has 0 radical (unpaired) electrons. The van der Waals surface area contributed by atoms with Crippen LogP contribution in [0.5, 0.6) is 0 Å². The van der Waals surface area contributed by atoms with Gasteiger partial charge < -0.3 is 15.1 Å². The van der Waals surface area contributed by atoms with E-state index in [1.165, 1.54) is 11.3 Å². The van der Waals surface area contributed by atoms with Gasteiger partial charge in [-0.3, -0.25) is 9.89 Å². The zero-order valence-electron chi connectivity index (χ0n) is 17.6.